The van der Waals surface area contributed by atoms with Gasteiger partial charge in [-0.05, 0) is 12.1 Å². The molecule has 0 aliphatic carbocycles. The number of aromatic nitrogens is 1. The molecule has 86 valence electrons. The van der Waals surface area contributed by atoms with Crippen LogP contribution in [0.4, 0.5) is 4.79 Å². The molecule has 0 spiro atoms. The third kappa shape index (κ3) is 1.99. The monoisotopic (exact) mass is 221 g/mol. The molecule has 1 aliphatic heterocycles. The number of carbonyl (C=O) groups excluding carboxylic acids is 1. The molecule has 16 heavy (non-hydrogen) atoms. The van der Waals surface area contributed by atoms with E-state index in [2.05, 4.69) is 9.72 Å². The maximum Gasteiger partial charge on any atom is 0.409 e. The smallest absolute Gasteiger partial charge is 0.409 e. The van der Waals surface area contributed by atoms with Gasteiger partial charge in [0.15, 0.2) is 0 Å². The Morgan fingerprint density at radius 2 is 2.38 bits per heavy atom. The maximum atomic E-state index is 11.4. The lowest BCUT2D eigenvalue weighted by atomic mass is 10.0. The number of nitrogens with zero attached hydrogens (tertiary/aromatic N) is 2. The molecule has 0 radical (unpaired) electrons. The van der Waals surface area contributed by atoms with E-state index < -0.39 is 0 Å². The second-order valence-corrected chi connectivity index (χ2v) is 3.90. The zero-order chi connectivity index (χ0) is 11.5. The van der Waals surface area contributed by atoms with Crippen molar-refractivity contribution in [3.05, 3.63) is 30.1 Å². The number of ether oxygens (including phenoxy) is 1. The topological polar surface area (TPSA) is 68.5 Å². The van der Waals surface area contributed by atoms with E-state index >= 15 is 0 Å². The van der Waals surface area contributed by atoms with E-state index in [0.717, 1.165) is 5.69 Å². The molecule has 5 nitrogen and oxygen atoms in total. The number of likely N-dealkylation sites (tertiary alicyclic amines) is 1. The minimum absolute atomic E-state index is 0.0750. The lowest BCUT2D eigenvalue weighted by molar-refractivity contribution is 0.132. The van der Waals surface area contributed by atoms with Crippen LogP contribution in [0, 0.1) is 0 Å². The van der Waals surface area contributed by atoms with E-state index in [1.807, 2.05) is 18.2 Å². The second kappa shape index (κ2) is 4.49. The van der Waals surface area contributed by atoms with Gasteiger partial charge in [-0.15, -0.1) is 0 Å². The number of rotatable bonds is 1. The summed E-state index contributed by atoms with van der Waals surface area (Å²) in [6.45, 7) is 1.10. The minimum atomic E-state index is -0.325. The highest BCUT2D eigenvalue weighted by atomic mass is 16.5. The van der Waals surface area contributed by atoms with Gasteiger partial charge >= 0.3 is 6.09 Å². The second-order valence-electron chi connectivity index (χ2n) is 3.90. The zero-order valence-corrected chi connectivity index (χ0v) is 9.17. The van der Waals surface area contributed by atoms with Crippen LogP contribution in [-0.2, 0) is 4.74 Å². The van der Waals surface area contributed by atoms with Crippen molar-refractivity contribution in [1.82, 2.24) is 9.88 Å². The first kappa shape index (κ1) is 10.9. The maximum absolute atomic E-state index is 11.4. The molecule has 1 aromatic heterocycles. The summed E-state index contributed by atoms with van der Waals surface area (Å²) in [4.78, 5) is 17.3. The minimum Gasteiger partial charge on any atom is -0.453 e. The van der Waals surface area contributed by atoms with Crippen molar-refractivity contribution in [2.75, 3.05) is 20.2 Å². The molecule has 1 saturated heterocycles. The van der Waals surface area contributed by atoms with Gasteiger partial charge in [0.1, 0.15) is 0 Å². The molecule has 5 heteroatoms. The fourth-order valence-corrected chi connectivity index (χ4v) is 2.02. The SMILES string of the molecule is COC(=O)N1CC(N)C(c2ccccn2)C1. The normalized spacial score (nSPS) is 24.5. The van der Waals surface area contributed by atoms with Crippen LogP contribution >= 0.6 is 0 Å². The van der Waals surface area contributed by atoms with Gasteiger partial charge in [-0.25, -0.2) is 4.79 Å². The van der Waals surface area contributed by atoms with E-state index in [0.29, 0.717) is 13.1 Å². The molecule has 2 atom stereocenters. The Morgan fingerprint density at radius 3 is 3.00 bits per heavy atom. The van der Waals surface area contributed by atoms with Gasteiger partial charge in [0, 0.05) is 36.9 Å². The fraction of sp³-hybridized carbons (Fsp3) is 0.455. The highest BCUT2D eigenvalue weighted by molar-refractivity contribution is 5.68. The van der Waals surface area contributed by atoms with Crippen LogP contribution in [0.3, 0.4) is 0 Å². The Morgan fingerprint density at radius 1 is 1.56 bits per heavy atom. The summed E-state index contributed by atoms with van der Waals surface area (Å²) < 4.78 is 4.68. The Hall–Kier alpha value is -1.62. The molecular weight excluding hydrogens is 206 g/mol. The van der Waals surface area contributed by atoms with Crippen molar-refractivity contribution in [3.63, 3.8) is 0 Å². The number of carbonyl (C=O) groups is 1. The Bertz CT molecular complexity index is 369. The van der Waals surface area contributed by atoms with E-state index in [9.17, 15) is 4.79 Å². The van der Waals surface area contributed by atoms with Gasteiger partial charge < -0.3 is 15.4 Å². The van der Waals surface area contributed by atoms with Crippen LogP contribution in [0.25, 0.3) is 0 Å². The molecule has 1 aliphatic rings. The first-order valence-electron chi connectivity index (χ1n) is 5.21. The van der Waals surface area contributed by atoms with Crippen LogP contribution < -0.4 is 5.73 Å². The molecule has 2 rings (SSSR count). The number of amides is 1. The Kier molecular flexibility index (Phi) is 3.05. The van der Waals surface area contributed by atoms with Crippen LogP contribution in [0.5, 0.6) is 0 Å². The molecule has 2 N–H and O–H groups in total. The van der Waals surface area contributed by atoms with Crippen LogP contribution in [0.2, 0.25) is 0 Å². The predicted molar refractivity (Wildman–Crippen MR) is 58.9 cm³/mol. The van der Waals surface area contributed by atoms with Crippen molar-refractivity contribution in [1.29, 1.82) is 0 Å². The summed E-state index contributed by atoms with van der Waals surface area (Å²) in [5.74, 6) is 0.0975. The summed E-state index contributed by atoms with van der Waals surface area (Å²) in [5, 5.41) is 0. The first-order valence-corrected chi connectivity index (χ1v) is 5.21. The number of pyridine rings is 1. The molecular formula is C11H15N3O2. The van der Waals surface area contributed by atoms with Crippen molar-refractivity contribution < 1.29 is 9.53 Å². The lowest BCUT2D eigenvalue weighted by Crippen LogP contribution is -2.32. The number of methoxy groups -OCH3 is 1. The van der Waals surface area contributed by atoms with Gasteiger partial charge in [-0.1, -0.05) is 6.07 Å². The molecule has 0 saturated carbocycles. The molecule has 1 fully saturated rings. The van der Waals surface area contributed by atoms with Crippen LogP contribution in [-0.4, -0.2) is 42.2 Å². The van der Waals surface area contributed by atoms with Crippen LogP contribution in [0.1, 0.15) is 11.6 Å². The first-order chi connectivity index (χ1) is 7.72. The highest BCUT2D eigenvalue weighted by Gasteiger charge is 2.34. The van der Waals surface area contributed by atoms with E-state index in [1.165, 1.54) is 7.11 Å². The van der Waals surface area contributed by atoms with E-state index in [4.69, 9.17) is 5.73 Å². The molecule has 2 heterocycles. The van der Waals surface area contributed by atoms with E-state index in [1.54, 1.807) is 11.1 Å². The van der Waals surface area contributed by atoms with Gasteiger partial charge in [0.25, 0.3) is 0 Å². The summed E-state index contributed by atoms with van der Waals surface area (Å²) in [7, 11) is 1.38. The Labute approximate surface area is 94.2 Å². The summed E-state index contributed by atoms with van der Waals surface area (Å²) >= 11 is 0. The highest BCUT2D eigenvalue weighted by Crippen LogP contribution is 2.24. The fourth-order valence-electron chi connectivity index (χ4n) is 2.02. The molecule has 2 unspecified atom stereocenters. The van der Waals surface area contributed by atoms with Gasteiger partial charge in [-0.2, -0.15) is 0 Å². The van der Waals surface area contributed by atoms with Crippen molar-refractivity contribution in [2.24, 2.45) is 5.73 Å². The third-order valence-corrected chi connectivity index (χ3v) is 2.87. The largest absolute Gasteiger partial charge is 0.453 e. The van der Waals surface area contributed by atoms with Gasteiger partial charge in [0.05, 0.1) is 7.11 Å². The number of hydrogen-bond acceptors (Lipinski definition) is 4. The standard InChI is InChI=1S/C11H15N3O2/c1-16-11(15)14-6-8(9(12)7-14)10-4-2-3-5-13-10/h2-5,8-9H,6-7,12H2,1H3. The average molecular weight is 221 g/mol. The summed E-state index contributed by atoms with van der Waals surface area (Å²) in [6.07, 6.45) is 1.41. The molecule has 0 aromatic carbocycles. The summed E-state index contributed by atoms with van der Waals surface area (Å²) in [5.41, 5.74) is 6.94. The van der Waals surface area contributed by atoms with Crippen molar-refractivity contribution >= 4 is 6.09 Å². The quantitative estimate of drug-likeness (QED) is 0.753. The zero-order valence-electron chi connectivity index (χ0n) is 9.17. The van der Waals surface area contributed by atoms with Gasteiger partial charge in [-0.3, -0.25) is 4.98 Å². The third-order valence-electron chi connectivity index (χ3n) is 2.87. The number of hydrogen-bond donors (Lipinski definition) is 1. The van der Waals surface area contributed by atoms with Crippen LogP contribution in [0.15, 0.2) is 24.4 Å². The van der Waals surface area contributed by atoms with Gasteiger partial charge in [0.2, 0.25) is 0 Å². The molecule has 1 aromatic rings. The number of nitrogens with two attached hydrogens (primary N) is 1. The average Bonchev–Trinajstić information content (AvgIpc) is 2.71. The lowest BCUT2D eigenvalue weighted by Gasteiger charge is -2.13. The van der Waals surface area contributed by atoms with Crippen molar-refractivity contribution in [2.45, 2.75) is 12.0 Å². The van der Waals surface area contributed by atoms with E-state index in [-0.39, 0.29) is 18.1 Å². The summed E-state index contributed by atoms with van der Waals surface area (Å²) in [6, 6.07) is 5.65. The Balaban J connectivity index is 2.11. The predicted octanol–water partition coefficient (Wildman–Crippen LogP) is 0.574. The molecule has 0 bridgehead atoms. The van der Waals surface area contributed by atoms with Crippen molar-refractivity contribution in [3.8, 4) is 0 Å². The molecule has 1 amide bonds.